The molecule has 0 aliphatic heterocycles. The van der Waals surface area contributed by atoms with Gasteiger partial charge in [0, 0.05) is 12.6 Å². The van der Waals surface area contributed by atoms with E-state index in [2.05, 4.69) is 4.98 Å². The normalized spacial score (nSPS) is 13.3. The zero-order valence-corrected chi connectivity index (χ0v) is 9.25. The van der Waals surface area contributed by atoms with Gasteiger partial charge in [0.25, 0.3) is 0 Å². The van der Waals surface area contributed by atoms with Crippen molar-refractivity contribution in [3.8, 4) is 0 Å². The maximum absolute atomic E-state index is 9.69. The average Bonchev–Trinajstić information content (AvgIpc) is 2.14. The van der Waals surface area contributed by atoms with Gasteiger partial charge in [0.1, 0.15) is 10.3 Å². The molecule has 4 nitrogen and oxygen atoms in total. The topological polar surface area (TPSA) is 45.6 Å². The fourth-order valence-electron chi connectivity index (χ4n) is 0.942. The minimum absolute atomic E-state index is 0.232. The molecule has 14 heavy (non-hydrogen) atoms. The van der Waals surface area contributed by atoms with Crippen LogP contribution in [0.1, 0.15) is 11.8 Å². The van der Waals surface area contributed by atoms with Crippen molar-refractivity contribution in [1.82, 2.24) is 10.0 Å². The maximum atomic E-state index is 9.69. The van der Waals surface area contributed by atoms with Crippen LogP contribution in [0.3, 0.4) is 0 Å². The van der Waals surface area contributed by atoms with Gasteiger partial charge >= 0.3 is 0 Å². The standard InChI is InChI=1S/C8H10Cl2N2O2/c1-12(14-2)8(13)5-3-6(9)11-7(10)4-5/h3-4,8,13H,1-2H3. The number of hydrogen-bond acceptors (Lipinski definition) is 4. The number of hydrogen-bond donors (Lipinski definition) is 1. The molecule has 0 spiro atoms. The van der Waals surface area contributed by atoms with Crippen LogP contribution >= 0.6 is 23.2 Å². The lowest BCUT2D eigenvalue weighted by molar-refractivity contribution is -0.206. The van der Waals surface area contributed by atoms with Crippen LogP contribution in [0.25, 0.3) is 0 Å². The Balaban J connectivity index is 2.94. The summed E-state index contributed by atoms with van der Waals surface area (Å²) in [6, 6.07) is 3.04. The molecule has 0 saturated heterocycles. The van der Waals surface area contributed by atoms with Gasteiger partial charge in [-0.25, -0.2) is 4.98 Å². The third kappa shape index (κ3) is 2.80. The number of aliphatic hydroxyl groups is 1. The summed E-state index contributed by atoms with van der Waals surface area (Å²) < 4.78 is 0. The molecule has 1 atom stereocenters. The minimum atomic E-state index is -0.919. The molecule has 0 aliphatic rings. The highest BCUT2D eigenvalue weighted by Gasteiger charge is 2.14. The van der Waals surface area contributed by atoms with Gasteiger partial charge in [0.15, 0.2) is 6.23 Å². The maximum Gasteiger partial charge on any atom is 0.155 e. The van der Waals surface area contributed by atoms with Crippen molar-refractivity contribution in [2.24, 2.45) is 0 Å². The van der Waals surface area contributed by atoms with E-state index in [1.165, 1.54) is 24.3 Å². The van der Waals surface area contributed by atoms with Gasteiger partial charge < -0.3 is 5.11 Å². The summed E-state index contributed by atoms with van der Waals surface area (Å²) in [6.07, 6.45) is -0.919. The molecular weight excluding hydrogens is 227 g/mol. The van der Waals surface area contributed by atoms with Crippen molar-refractivity contribution in [3.63, 3.8) is 0 Å². The summed E-state index contributed by atoms with van der Waals surface area (Å²) in [7, 11) is 3.04. The van der Waals surface area contributed by atoms with Crippen LogP contribution in [0, 0.1) is 0 Å². The van der Waals surface area contributed by atoms with Gasteiger partial charge in [-0.05, 0) is 12.1 Å². The van der Waals surface area contributed by atoms with Gasteiger partial charge in [-0.1, -0.05) is 23.2 Å². The highest BCUT2D eigenvalue weighted by atomic mass is 35.5. The molecule has 0 aliphatic carbocycles. The Bertz CT molecular complexity index is 302. The van der Waals surface area contributed by atoms with E-state index in [0.29, 0.717) is 5.56 Å². The first-order chi connectivity index (χ1) is 6.54. The van der Waals surface area contributed by atoms with Gasteiger partial charge in [0.05, 0.1) is 7.11 Å². The van der Waals surface area contributed by atoms with E-state index in [1.54, 1.807) is 7.05 Å². The van der Waals surface area contributed by atoms with Crippen LogP contribution < -0.4 is 0 Å². The lowest BCUT2D eigenvalue weighted by Crippen LogP contribution is -2.23. The van der Waals surface area contributed by atoms with E-state index in [4.69, 9.17) is 28.0 Å². The third-order valence-electron chi connectivity index (χ3n) is 1.72. The quantitative estimate of drug-likeness (QED) is 0.495. The molecule has 0 bridgehead atoms. The van der Waals surface area contributed by atoms with Crippen molar-refractivity contribution in [1.29, 1.82) is 0 Å². The fourth-order valence-corrected chi connectivity index (χ4v) is 1.42. The summed E-state index contributed by atoms with van der Waals surface area (Å²) >= 11 is 11.4. The van der Waals surface area contributed by atoms with Gasteiger partial charge in [0.2, 0.25) is 0 Å². The Hall–Kier alpha value is -0.390. The molecule has 1 aromatic heterocycles. The van der Waals surface area contributed by atoms with Crippen LogP contribution in [0.2, 0.25) is 10.3 Å². The summed E-state index contributed by atoms with van der Waals surface area (Å²) in [5.41, 5.74) is 0.527. The number of hydroxylamine groups is 2. The van der Waals surface area contributed by atoms with Crippen molar-refractivity contribution >= 4 is 23.2 Å². The molecule has 6 heteroatoms. The SMILES string of the molecule is CON(C)C(O)c1cc(Cl)nc(Cl)c1. The van der Waals surface area contributed by atoms with Crippen molar-refractivity contribution in [2.75, 3.05) is 14.2 Å². The number of rotatable bonds is 3. The summed E-state index contributed by atoms with van der Waals surface area (Å²) in [4.78, 5) is 8.59. The summed E-state index contributed by atoms with van der Waals surface area (Å²) in [5, 5.41) is 11.4. The van der Waals surface area contributed by atoms with Crippen LogP contribution in [0.4, 0.5) is 0 Å². The lowest BCUT2D eigenvalue weighted by atomic mass is 10.2. The molecule has 0 fully saturated rings. The van der Waals surface area contributed by atoms with Crippen molar-refractivity contribution in [2.45, 2.75) is 6.23 Å². The van der Waals surface area contributed by atoms with E-state index in [9.17, 15) is 5.11 Å². The zero-order valence-electron chi connectivity index (χ0n) is 7.74. The van der Waals surface area contributed by atoms with E-state index >= 15 is 0 Å². The third-order valence-corrected chi connectivity index (χ3v) is 2.10. The second kappa shape index (κ2) is 4.91. The summed E-state index contributed by atoms with van der Waals surface area (Å²) in [5.74, 6) is 0. The Morgan fingerprint density at radius 2 is 1.93 bits per heavy atom. The predicted molar refractivity (Wildman–Crippen MR) is 54.0 cm³/mol. The monoisotopic (exact) mass is 236 g/mol. The highest BCUT2D eigenvalue weighted by molar-refractivity contribution is 6.32. The molecule has 1 unspecified atom stereocenters. The van der Waals surface area contributed by atoms with Crippen LogP contribution in [0.15, 0.2) is 12.1 Å². The average molecular weight is 237 g/mol. The molecule has 0 radical (unpaired) electrons. The molecule has 1 aromatic rings. The number of aliphatic hydroxyl groups excluding tert-OH is 1. The predicted octanol–water partition coefficient (Wildman–Crippen LogP) is 1.87. The van der Waals surface area contributed by atoms with Crippen molar-refractivity contribution < 1.29 is 9.94 Å². The molecule has 1 N–H and O–H groups in total. The minimum Gasteiger partial charge on any atom is -0.372 e. The van der Waals surface area contributed by atoms with Gasteiger partial charge in [-0.2, -0.15) is 5.06 Å². The highest BCUT2D eigenvalue weighted by Crippen LogP contribution is 2.22. The van der Waals surface area contributed by atoms with Gasteiger partial charge in [-0.3, -0.25) is 4.84 Å². The molecule has 0 aromatic carbocycles. The molecule has 1 heterocycles. The zero-order chi connectivity index (χ0) is 10.7. The van der Waals surface area contributed by atoms with Crippen molar-refractivity contribution in [3.05, 3.63) is 28.0 Å². The Morgan fingerprint density at radius 1 is 1.43 bits per heavy atom. The van der Waals surface area contributed by atoms with Crippen LogP contribution in [-0.4, -0.2) is 29.3 Å². The van der Waals surface area contributed by atoms with E-state index in [1.807, 2.05) is 0 Å². The number of nitrogens with zero attached hydrogens (tertiary/aromatic N) is 2. The first-order valence-electron chi connectivity index (χ1n) is 3.82. The number of pyridine rings is 1. The fraction of sp³-hybridized carbons (Fsp3) is 0.375. The largest absolute Gasteiger partial charge is 0.372 e. The van der Waals surface area contributed by atoms with E-state index in [0.717, 1.165) is 0 Å². The lowest BCUT2D eigenvalue weighted by Gasteiger charge is -2.20. The summed E-state index contributed by atoms with van der Waals surface area (Å²) in [6.45, 7) is 0. The first kappa shape index (κ1) is 11.7. The number of halogens is 2. The second-order valence-electron chi connectivity index (χ2n) is 2.65. The Morgan fingerprint density at radius 3 is 2.36 bits per heavy atom. The first-order valence-corrected chi connectivity index (χ1v) is 4.58. The second-order valence-corrected chi connectivity index (χ2v) is 3.42. The molecule has 1 rings (SSSR count). The molecule has 0 saturated carbocycles. The molecule has 78 valence electrons. The van der Waals surface area contributed by atoms with Crippen LogP contribution in [0.5, 0.6) is 0 Å². The van der Waals surface area contributed by atoms with Gasteiger partial charge in [-0.15, -0.1) is 0 Å². The number of aromatic nitrogens is 1. The van der Waals surface area contributed by atoms with Crippen LogP contribution in [-0.2, 0) is 4.84 Å². The smallest absolute Gasteiger partial charge is 0.155 e. The Kier molecular flexibility index (Phi) is 4.10. The Labute approximate surface area is 92.0 Å². The van der Waals surface area contributed by atoms with E-state index < -0.39 is 6.23 Å². The molecule has 0 amide bonds. The molecular formula is C8H10Cl2N2O2. The van der Waals surface area contributed by atoms with E-state index in [-0.39, 0.29) is 10.3 Å².